The highest BCUT2D eigenvalue weighted by Crippen LogP contribution is 2.21. The van der Waals surface area contributed by atoms with Crippen LogP contribution in [0.1, 0.15) is 39.5 Å². The van der Waals surface area contributed by atoms with Crippen molar-refractivity contribution in [3.05, 3.63) is 0 Å². The Morgan fingerprint density at radius 2 is 1.68 bits per heavy atom. The molecule has 0 aliphatic carbocycles. The second-order valence-corrected chi connectivity index (χ2v) is 4.53. The zero-order chi connectivity index (χ0) is 15.1. The highest BCUT2D eigenvalue weighted by atomic mass is 19.4. The van der Waals surface area contributed by atoms with Crippen molar-refractivity contribution in [2.75, 3.05) is 0 Å². The second-order valence-electron chi connectivity index (χ2n) is 4.53. The first kappa shape index (κ1) is 17.5. The maximum Gasteiger partial charge on any atom is 0.391 e. The van der Waals surface area contributed by atoms with Crippen molar-refractivity contribution in [3.63, 3.8) is 0 Å². The van der Waals surface area contributed by atoms with Gasteiger partial charge in [0.2, 0.25) is 0 Å². The fourth-order valence-electron chi connectivity index (χ4n) is 1.52. The summed E-state index contributed by atoms with van der Waals surface area (Å²) in [5.41, 5.74) is 0. The van der Waals surface area contributed by atoms with Crippen LogP contribution < -0.4 is 10.6 Å². The number of alkyl halides is 3. The first-order chi connectivity index (χ1) is 8.60. The molecule has 0 saturated heterocycles. The average molecular weight is 284 g/mol. The second kappa shape index (κ2) is 7.85. The molecule has 0 aromatic heterocycles. The molecule has 112 valence electrons. The molecule has 0 fully saturated rings. The molecule has 8 heteroatoms. The van der Waals surface area contributed by atoms with Crippen LogP contribution in [-0.4, -0.2) is 35.4 Å². The Morgan fingerprint density at radius 1 is 1.16 bits per heavy atom. The van der Waals surface area contributed by atoms with Crippen molar-refractivity contribution >= 4 is 12.0 Å². The zero-order valence-corrected chi connectivity index (χ0v) is 10.9. The van der Waals surface area contributed by atoms with Gasteiger partial charge in [0, 0.05) is 18.5 Å². The van der Waals surface area contributed by atoms with Crippen molar-refractivity contribution < 1.29 is 27.9 Å². The van der Waals surface area contributed by atoms with Crippen LogP contribution >= 0.6 is 0 Å². The van der Waals surface area contributed by atoms with E-state index in [1.165, 1.54) is 6.92 Å². The van der Waals surface area contributed by atoms with E-state index in [9.17, 15) is 22.8 Å². The van der Waals surface area contributed by atoms with E-state index in [1.807, 2.05) is 0 Å². The minimum atomic E-state index is -4.32. The third-order valence-corrected chi connectivity index (χ3v) is 2.32. The van der Waals surface area contributed by atoms with Crippen LogP contribution in [0.25, 0.3) is 0 Å². The quantitative estimate of drug-likeness (QED) is 0.671. The van der Waals surface area contributed by atoms with Gasteiger partial charge in [0.05, 0.1) is 6.42 Å². The van der Waals surface area contributed by atoms with E-state index in [0.717, 1.165) is 0 Å². The first-order valence-corrected chi connectivity index (χ1v) is 5.95. The molecule has 0 saturated carbocycles. The number of amides is 2. The number of carboxylic acid groups (broad SMARTS) is 1. The summed E-state index contributed by atoms with van der Waals surface area (Å²) in [6, 6.07) is -1.98. The van der Waals surface area contributed by atoms with Crippen LogP contribution in [-0.2, 0) is 4.79 Å². The van der Waals surface area contributed by atoms with Crippen LogP contribution in [0.3, 0.4) is 0 Å². The minimum Gasteiger partial charge on any atom is -0.481 e. The van der Waals surface area contributed by atoms with E-state index in [2.05, 4.69) is 10.6 Å². The SMILES string of the molecule is CC(CCCC(=O)O)NC(=O)NC(C)CC(F)(F)F. The Bertz CT molecular complexity index is 308. The number of carboxylic acids is 1. The highest BCUT2D eigenvalue weighted by molar-refractivity contribution is 5.74. The van der Waals surface area contributed by atoms with E-state index in [1.54, 1.807) is 6.92 Å². The van der Waals surface area contributed by atoms with Gasteiger partial charge in [-0.05, 0) is 26.7 Å². The van der Waals surface area contributed by atoms with Gasteiger partial charge in [-0.15, -0.1) is 0 Å². The topological polar surface area (TPSA) is 78.4 Å². The predicted molar refractivity (Wildman–Crippen MR) is 62.8 cm³/mol. The van der Waals surface area contributed by atoms with Crippen LogP contribution in [0.5, 0.6) is 0 Å². The molecule has 0 aliphatic rings. The molecule has 0 aromatic carbocycles. The Kier molecular flexibility index (Phi) is 7.25. The first-order valence-electron chi connectivity index (χ1n) is 5.95. The fourth-order valence-corrected chi connectivity index (χ4v) is 1.52. The molecule has 0 heterocycles. The van der Waals surface area contributed by atoms with E-state index >= 15 is 0 Å². The lowest BCUT2D eigenvalue weighted by Crippen LogP contribution is -2.45. The maximum absolute atomic E-state index is 12.0. The Labute approximate surface area is 109 Å². The van der Waals surface area contributed by atoms with Gasteiger partial charge in [-0.2, -0.15) is 13.2 Å². The number of hydrogen-bond acceptors (Lipinski definition) is 2. The molecule has 2 unspecified atom stereocenters. The fraction of sp³-hybridized carbons (Fsp3) is 0.818. The van der Waals surface area contributed by atoms with Gasteiger partial charge >= 0.3 is 18.2 Å². The standard InChI is InChI=1S/C11H19F3N2O3/c1-7(4-3-5-9(17)18)15-10(19)16-8(2)6-11(12,13)14/h7-8H,3-6H2,1-2H3,(H,17,18)(H2,15,16,19). The molecule has 0 bridgehead atoms. The molecule has 0 aromatic rings. The Hall–Kier alpha value is -1.47. The van der Waals surface area contributed by atoms with Crippen molar-refractivity contribution in [1.82, 2.24) is 10.6 Å². The minimum absolute atomic E-state index is 0.00187. The van der Waals surface area contributed by atoms with Gasteiger partial charge in [0.25, 0.3) is 0 Å². The van der Waals surface area contributed by atoms with Gasteiger partial charge in [0.15, 0.2) is 0 Å². The lowest BCUT2D eigenvalue weighted by atomic mass is 10.1. The number of hydrogen-bond donors (Lipinski definition) is 3. The molecule has 0 aliphatic heterocycles. The summed E-state index contributed by atoms with van der Waals surface area (Å²) in [6.45, 7) is 2.93. The number of aliphatic carboxylic acids is 1. The predicted octanol–water partition coefficient (Wildman–Crippen LogP) is 2.27. The number of urea groups is 1. The molecule has 3 N–H and O–H groups in total. The number of nitrogens with one attached hydrogen (secondary N) is 2. The summed E-state index contributed by atoms with van der Waals surface area (Å²) in [6.07, 6.45) is -4.56. The smallest absolute Gasteiger partial charge is 0.391 e. The lowest BCUT2D eigenvalue weighted by Gasteiger charge is -2.19. The van der Waals surface area contributed by atoms with Crippen molar-refractivity contribution in [1.29, 1.82) is 0 Å². The Balaban J connectivity index is 3.87. The average Bonchev–Trinajstić information content (AvgIpc) is 2.12. The number of rotatable bonds is 7. The molecular weight excluding hydrogens is 265 g/mol. The highest BCUT2D eigenvalue weighted by Gasteiger charge is 2.30. The Morgan fingerprint density at radius 3 is 2.16 bits per heavy atom. The van der Waals surface area contributed by atoms with Crippen molar-refractivity contribution in [2.45, 2.75) is 57.8 Å². The van der Waals surface area contributed by atoms with E-state index in [4.69, 9.17) is 5.11 Å². The maximum atomic E-state index is 12.0. The third-order valence-electron chi connectivity index (χ3n) is 2.32. The molecule has 5 nitrogen and oxygen atoms in total. The summed E-state index contributed by atoms with van der Waals surface area (Å²) in [7, 11) is 0. The number of carbonyl (C=O) groups excluding carboxylic acids is 1. The summed E-state index contributed by atoms with van der Waals surface area (Å²) < 4.78 is 36.1. The van der Waals surface area contributed by atoms with Crippen molar-refractivity contribution in [3.8, 4) is 0 Å². The van der Waals surface area contributed by atoms with Crippen LogP contribution in [0, 0.1) is 0 Å². The third kappa shape index (κ3) is 11.4. The van der Waals surface area contributed by atoms with Gasteiger partial charge in [-0.1, -0.05) is 0 Å². The monoisotopic (exact) mass is 284 g/mol. The van der Waals surface area contributed by atoms with Gasteiger partial charge < -0.3 is 15.7 Å². The molecule has 2 atom stereocenters. The molecule has 0 radical (unpaired) electrons. The van der Waals surface area contributed by atoms with Gasteiger partial charge in [-0.3, -0.25) is 4.79 Å². The summed E-state index contributed by atoms with van der Waals surface area (Å²) in [5, 5.41) is 13.1. The molecule has 19 heavy (non-hydrogen) atoms. The van der Waals surface area contributed by atoms with Crippen LogP contribution in [0.4, 0.5) is 18.0 Å². The van der Waals surface area contributed by atoms with Crippen molar-refractivity contribution in [2.24, 2.45) is 0 Å². The summed E-state index contributed by atoms with van der Waals surface area (Å²) in [5.74, 6) is -0.921. The largest absolute Gasteiger partial charge is 0.481 e. The number of halogens is 3. The van der Waals surface area contributed by atoms with Crippen LogP contribution in [0.2, 0.25) is 0 Å². The molecule has 0 rings (SSSR count). The number of carbonyl (C=O) groups is 2. The van der Waals surface area contributed by atoms with E-state index in [-0.39, 0.29) is 12.5 Å². The molecule has 0 spiro atoms. The summed E-state index contributed by atoms with van der Waals surface area (Å²) >= 11 is 0. The van der Waals surface area contributed by atoms with Gasteiger partial charge in [0.1, 0.15) is 0 Å². The summed E-state index contributed by atoms with van der Waals surface area (Å²) in [4.78, 5) is 21.6. The van der Waals surface area contributed by atoms with E-state index in [0.29, 0.717) is 12.8 Å². The zero-order valence-electron chi connectivity index (χ0n) is 10.9. The molecule has 2 amide bonds. The van der Waals surface area contributed by atoms with E-state index < -0.39 is 30.6 Å². The molecular formula is C11H19F3N2O3. The van der Waals surface area contributed by atoms with Gasteiger partial charge in [-0.25, -0.2) is 4.79 Å². The normalized spacial score (nSPS) is 14.6. The van der Waals surface area contributed by atoms with Crippen LogP contribution in [0.15, 0.2) is 0 Å². The lowest BCUT2D eigenvalue weighted by molar-refractivity contribution is -0.138.